The van der Waals surface area contributed by atoms with Gasteiger partial charge in [-0.2, -0.15) is 0 Å². The van der Waals surface area contributed by atoms with E-state index in [9.17, 15) is 0 Å². The minimum Gasteiger partial charge on any atom is -0.307 e. The molecular weight excluding hydrogens is 190 g/mol. The molecule has 1 aliphatic rings. The molecule has 1 aliphatic heterocycles. The predicted octanol–water partition coefficient (Wildman–Crippen LogP) is 3.44. The molecule has 1 nitrogen and oxygen atoms in total. The van der Waals surface area contributed by atoms with Gasteiger partial charge in [0.15, 0.2) is 0 Å². The highest BCUT2D eigenvalue weighted by atomic mass is 32.1. The molecule has 1 aromatic rings. The van der Waals surface area contributed by atoms with Crippen LogP contribution in [0.4, 0.5) is 0 Å². The quantitative estimate of drug-likeness (QED) is 0.804. The first-order valence-electron chi connectivity index (χ1n) is 5.57. The molecule has 2 heterocycles. The van der Waals surface area contributed by atoms with Crippen LogP contribution in [0.1, 0.15) is 43.0 Å². The number of thiophene rings is 1. The van der Waals surface area contributed by atoms with Crippen LogP contribution in [0.25, 0.3) is 0 Å². The number of nitrogens with one attached hydrogen (secondary N) is 1. The minimum absolute atomic E-state index is 0.319. The van der Waals surface area contributed by atoms with Crippen LogP contribution in [-0.2, 0) is 5.54 Å². The van der Waals surface area contributed by atoms with Crippen LogP contribution >= 0.6 is 11.3 Å². The fourth-order valence-electron chi connectivity index (χ4n) is 2.53. The molecule has 1 saturated heterocycles. The second kappa shape index (κ2) is 4.03. The summed E-state index contributed by atoms with van der Waals surface area (Å²) >= 11 is 1.88. The van der Waals surface area contributed by atoms with Gasteiger partial charge in [-0.15, -0.1) is 11.3 Å². The minimum atomic E-state index is 0.319. The summed E-state index contributed by atoms with van der Waals surface area (Å²) in [6.07, 6.45) is 5.19. The molecule has 2 rings (SSSR count). The van der Waals surface area contributed by atoms with Crippen LogP contribution < -0.4 is 5.32 Å². The van der Waals surface area contributed by atoms with Gasteiger partial charge in [0.25, 0.3) is 0 Å². The molecule has 1 fully saturated rings. The Balaban J connectivity index is 2.26. The summed E-state index contributed by atoms with van der Waals surface area (Å²) in [5, 5.41) is 6.04. The summed E-state index contributed by atoms with van der Waals surface area (Å²) in [6, 6.07) is 2.36. The van der Waals surface area contributed by atoms with Gasteiger partial charge < -0.3 is 5.32 Å². The maximum Gasteiger partial charge on any atom is 0.0443 e. The van der Waals surface area contributed by atoms with E-state index in [0.29, 0.717) is 5.54 Å². The first-order chi connectivity index (χ1) is 6.77. The lowest BCUT2D eigenvalue weighted by atomic mass is 9.86. The summed E-state index contributed by atoms with van der Waals surface area (Å²) < 4.78 is 0. The lowest BCUT2D eigenvalue weighted by Gasteiger charge is -2.28. The van der Waals surface area contributed by atoms with Gasteiger partial charge in [-0.05, 0) is 49.7 Å². The number of hydrogen-bond acceptors (Lipinski definition) is 2. The van der Waals surface area contributed by atoms with Crippen molar-refractivity contribution < 1.29 is 0 Å². The van der Waals surface area contributed by atoms with Gasteiger partial charge >= 0.3 is 0 Å². The number of rotatable bonds is 3. The molecule has 2 heteroatoms. The van der Waals surface area contributed by atoms with Crippen molar-refractivity contribution in [1.82, 2.24) is 5.32 Å². The molecule has 0 bridgehead atoms. The Morgan fingerprint density at radius 3 is 2.93 bits per heavy atom. The third-order valence-electron chi connectivity index (χ3n) is 3.20. The highest BCUT2D eigenvalue weighted by molar-refractivity contribution is 7.10. The SMILES string of the molecule is CCCC1(c2csc(C)c2)CCCN1. The van der Waals surface area contributed by atoms with E-state index in [0.717, 1.165) is 0 Å². The monoisotopic (exact) mass is 209 g/mol. The molecule has 0 aliphatic carbocycles. The number of aryl methyl sites for hydroxylation is 1. The van der Waals surface area contributed by atoms with Crippen LogP contribution in [-0.4, -0.2) is 6.54 Å². The molecule has 0 saturated carbocycles. The topological polar surface area (TPSA) is 12.0 Å². The highest BCUT2D eigenvalue weighted by Gasteiger charge is 2.34. The van der Waals surface area contributed by atoms with Gasteiger partial charge in [-0.1, -0.05) is 13.3 Å². The third kappa shape index (κ3) is 1.73. The molecule has 1 unspecified atom stereocenters. The van der Waals surface area contributed by atoms with E-state index >= 15 is 0 Å². The van der Waals surface area contributed by atoms with Gasteiger partial charge in [0.05, 0.1) is 0 Å². The zero-order valence-electron chi connectivity index (χ0n) is 9.10. The van der Waals surface area contributed by atoms with Crippen LogP contribution in [0.3, 0.4) is 0 Å². The summed E-state index contributed by atoms with van der Waals surface area (Å²) in [4.78, 5) is 1.43. The largest absolute Gasteiger partial charge is 0.307 e. The van der Waals surface area contributed by atoms with E-state index in [4.69, 9.17) is 0 Å². The Morgan fingerprint density at radius 1 is 1.57 bits per heavy atom. The molecular formula is C12H19NS. The molecule has 1 atom stereocenters. The van der Waals surface area contributed by atoms with E-state index < -0.39 is 0 Å². The fraction of sp³-hybridized carbons (Fsp3) is 0.667. The summed E-state index contributed by atoms with van der Waals surface area (Å²) in [5.74, 6) is 0. The van der Waals surface area contributed by atoms with E-state index in [-0.39, 0.29) is 0 Å². The molecule has 1 aromatic heterocycles. The van der Waals surface area contributed by atoms with Gasteiger partial charge in [0.2, 0.25) is 0 Å². The molecule has 14 heavy (non-hydrogen) atoms. The van der Waals surface area contributed by atoms with Gasteiger partial charge in [0.1, 0.15) is 0 Å². The average Bonchev–Trinajstić information content (AvgIpc) is 2.75. The van der Waals surface area contributed by atoms with Crippen molar-refractivity contribution in [3.8, 4) is 0 Å². The fourth-order valence-corrected chi connectivity index (χ4v) is 3.33. The van der Waals surface area contributed by atoms with Crippen LogP contribution in [0, 0.1) is 6.92 Å². The van der Waals surface area contributed by atoms with Crippen molar-refractivity contribution in [2.24, 2.45) is 0 Å². The molecule has 1 N–H and O–H groups in total. The number of hydrogen-bond donors (Lipinski definition) is 1. The summed E-state index contributed by atoms with van der Waals surface area (Å²) in [5.41, 5.74) is 1.85. The van der Waals surface area contributed by atoms with Crippen LogP contribution in [0.15, 0.2) is 11.4 Å². The lowest BCUT2D eigenvalue weighted by Crippen LogP contribution is -2.36. The summed E-state index contributed by atoms with van der Waals surface area (Å²) in [7, 11) is 0. The van der Waals surface area contributed by atoms with Crippen molar-refractivity contribution in [2.45, 2.75) is 45.1 Å². The Kier molecular flexibility index (Phi) is 2.93. The summed E-state index contributed by atoms with van der Waals surface area (Å²) in [6.45, 7) is 5.67. The van der Waals surface area contributed by atoms with E-state index in [1.54, 1.807) is 0 Å². The van der Waals surface area contributed by atoms with Gasteiger partial charge in [-0.25, -0.2) is 0 Å². The smallest absolute Gasteiger partial charge is 0.0443 e. The molecule has 0 amide bonds. The molecule has 0 aromatic carbocycles. The zero-order valence-corrected chi connectivity index (χ0v) is 9.91. The van der Waals surface area contributed by atoms with Crippen molar-refractivity contribution in [1.29, 1.82) is 0 Å². The average molecular weight is 209 g/mol. The molecule has 0 radical (unpaired) electrons. The maximum atomic E-state index is 3.71. The van der Waals surface area contributed by atoms with Crippen LogP contribution in [0.2, 0.25) is 0 Å². The standard InChI is InChI=1S/C12H19NS/c1-3-5-12(6-4-7-13-12)11-8-10(2)14-9-11/h8-9,13H,3-7H2,1-2H3. The molecule has 0 spiro atoms. The first kappa shape index (κ1) is 10.2. The Labute approximate surface area is 90.5 Å². The van der Waals surface area contributed by atoms with Gasteiger partial charge in [-0.3, -0.25) is 0 Å². The first-order valence-corrected chi connectivity index (χ1v) is 6.45. The zero-order chi connectivity index (χ0) is 10.0. The molecule has 78 valence electrons. The van der Waals surface area contributed by atoms with E-state index in [1.165, 1.54) is 42.7 Å². The van der Waals surface area contributed by atoms with Crippen molar-refractivity contribution in [3.05, 3.63) is 21.9 Å². The van der Waals surface area contributed by atoms with E-state index in [2.05, 4.69) is 30.6 Å². The Morgan fingerprint density at radius 2 is 2.43 bits per heavy atom. The second-order valence-corrected chi connectivity index (χ2v) is 5.42. The van der Waals surface area contributed by atoms with Gasteiger partial charge in [0, 0.05) is 10.4 Å². The lowest BCUT2D eigenvalue weighted by molar-refractivity contribution is 0.357. The van der Waals surface area contributed by atoms with Crippen molar-refractivity contribution >= 4 is 11.3 Å². The van der Waals surface area contributed by atoms with E-state index in [1.807, 2.05) is 11.3 Å². The van der Waals surface area contributed by atoms with Crippen LogP contribution in [0.5, 0.6) is 0 Å². The second-order valence-electron chi connectivity index (χ2n) is 4.31. The Hall–Kier alpha value is -0.340. The maximum absolute atomic E-state index is 3.71. The Bertz CT molecular complexity index is 297. The third-order valence-corrected chi connectivity index (χ3v) is 4.07. The predicted molar refractivity (Wildman–Crippen MR) is 62.9 cm³/mol. The van der Waals surface area contributed by atoms with Crippen molar-refractivity contribution in [3.63, 3.8) is 0 Å². The normalized spacial score (nSPS) is 27.0. The highest BCUT2D eigenvalue weighted by Crippen LogP contribution is 2.37. The van der Waals surface area contributed by atoms with Crippen molar-refractivity contribution in [2.75, 3.05) is 6.54 Å².